The minimum absolute atomic E-state index is 0.0540. The summed E-state index contributed by atoms with van der Waals surface area (Å²) in [5, 5.41) is 12.3. The van der Waals surface area contributed by atoms with Gasteiger partial charge in [-0.2, -0.15) is 0 Å². The first kappa shape index (κ1) is 23.7. The third-order valence-corrected chi connectivity index (χ3v) is 6.31. The van der Waals surface area contributed by atoms with E-state index in [9.17, 15) is 24.0 Å². The summed E-state index contributed by atoms with van der Waals surface area (Å²) in [6.07, 6.45) is 8.93. The normalized spacial score (nSPS) is 22.8. The van der Waals surface area contributed by atoms with Crippen molar-refractivity contribution < 1.29 is 28.8 Å². The summed E-state index contributed by atoms with van der Waals surface area (Å²) in [5.74, 6) is -1.72. The number of hydrogen-bond donors (Lipinski definition) is 1. The van der Waals surface area contributed by atoms with Crippen molar-refractivity contribution >= 4 is 29.6 Å². The van der Waals surface area contributed by atoms with Crippen LogP contribution in [0.1, 0.15) is 57.1 Å². The van der Waals surface area contributed by atoms with Crippen LogP contribution < -0.4 is 5.32 Å². The molecule has 1 aliphatic carbocycles. The topological polar surface area (TPSA) is 144 Å². The third-order valence-electron chi connectivity index (χ3n) is 6.31. The molecule has 0 atom stereocenters. The Morgan fingerprint density at radius 3 is 2.38 bits per heavy atom. The second kappa shape index (κ2) is 10.7. The van der Waals surface area contributed by atoms with E-state index >= 15 is 0 Å². The van der Waals surface area contributed by atoms with Crippen molar-refractivity contribution in [1.29, 1.82) is 0 Å². The van der Waals surface area contributed by atoms with Crippen molar-refractivity contribution in [3.05, 3.63) is 24.0 Å². The van der Waals surface area contributed by atoms with Crippen molar-refractivity contribution in [2.45, 2.75) is 70.5 Å². The molecule has 1 saturated carbocycles. The lowest BCUT2D eigenvalue weighted by Crippen LogP contribution is -2.39. The Morgan fingerprint density at radius 1 is 1.03 bits per heavy atom. The highest BCUT2D eigenvalue weighted by Crippen LogP contribution is 2.26. The van der Waals surface area contributed by atoms with E-state index in [1.165, 1.54) is 17.1 Å². The van der Waals surface area contributed by atoms with Gasteiger partial charge in [-0.15, -0.1) is 10.2 Å². The number of carbonyl (C=O) groups is 5. The largest absolute Gasteiger partial charge is 0.333 e. The van der Waals surface area contributed by atoms with Gasteiger partial charge in [-0.05, 0) is 38.0 Å². The van der Waals surface area contributed by atoms with Crippen LogP contribution in [0.3, 0.4) is 0 Å². The molecule has 1 saturated heterocycles. The van der Waals surface area contributed by atoms with Crippen LogP contribution in [0, 0.1) is 5.92 Å². The fourth-order valence-electron chi connectivity index (χ4n) is 4.39. The fourth-order valence-corrected chi connectivity index (χ4v) is 4.39. The summed E-state index contributed by atoms with van der Waals surface area (Å²) in [5.41, 5.74) is 0.789. The van der Waals surface area contributed by atoms with Crippen LogP contribution in [0.15, 0.2) is 18.3 Å². The van der Waals surface area contributed by atoms with Gasteiger partial charge in [0.05, 0.1) is 5.69 Å². The summed E-state index contributed by atoms with van der Waals surface area (Å²) >= 11 is 0. The summed E-state index contributed by atoms with van der Waals surface area (Å²) in [4.78, 5) is 64.4. The lowest BCUT2D eigenvalue weighted by molar-refractivity contribution is -0.197. The number of hydroxylamine groups is 2. The van der Waals surface area contributed by atoms with Crippen molar-refractivity contribution in [1.82, 2.24) is 30.3 Å². The molecule has 182 valence electrons. The Balaban J connectivity index is 1.11. The zero-order valence-corrected chi connectivity index (χ0v) is 18.9. The van der Waals surface area contributed by atoms with Crippen LogP contribution in [0.5, 0.6) is 0 Å². The van der Waals surface area contributed by atoms with Gasteiger partial charge in [-0.25, -0.2) is 4.79 Å². The number of carbonyl (C=O) groups excluding carboxylic acids is 5. The van der Waals surface area contributed by atoms with Gasteiger partial charge in [0.2, 0.25) is 0 Å². The van der Waals surface area contributed by atoms with Crippen molar-refractivity contribution in [2.75, 3.05) is 6.54 Å². The highest BCUT2D eigenvalue weighted by Gasteiger charge is 2.32. The maximum absolute atomic E-state index is 11.9. The average molecular weight is 473 g/mol. The molecule has 34 heavy (non-hydrogen) atoms. The lowest BCUT2D eigenvalue weighted by atomic mass is 9.85. The van der Waals surface area contributed by atoms with Crippen LogP contribution in [0.4, 0.5) is 0 Å². The number of nitrogens with zero attached hydrogens (tertiary/aromatic N) is 5. The summed E-state index contributed by atoms with van der Waals surface area (Å²) in [7, 11) is 0. The Hall–Kier alpha value is -3.41. The van der Waals surface area contributed by atoms with E-state index in [1.54, 1.807) is 4.68 Å². The molecular weight excluding hydrogens is 444 g/mol. The molecule has 0 bridgehead atoms. The molecule has 0 unspecified atom stereocenters. The number of aryl methyl sites for hydroxylation is 1. The monoisotopic (exact) mass is 472 g/mol. The van der Waals surface area contributed by atoms with Crippen LogP contribution in [0.25, 0.3) is 0 Å². The molecule has 3 aliphatic rings. The van der Waals surface area contributed by atoms with E-state index in [2.05, 4.69) is 15.6 Å². The van der Waals surface area contributed by atoms with Gasteiger partial charge in [0.1, 0.15) is 0 Å². The number of imide groups is 2. The highest BCUT2D eigenvalue weighted by atomic mass is 16.7. The zero-order chi connectivity index (χ0) is 24.1. The van der Waals surface area contributed by atoms with Gasteiger partial charge in [-0.1, -0.05) is 5.21 Å². The maximum atomic E-state index is 11.9. The highest BCUT2D eigenvalue weighted by molar-refractivity contribution is 6.12. The summed E-state index contributed by atoms with van der Waals surface area (Å²) in [6, 6.07) is 0.343. The molecule has 1 aromatic heterocycles. The Kier molecular flexibility index (Phi) is 7.46. The predicted molar refractivity (Wildman–Crippen MR) is 115 cm³/mol. The first-order valence-electron chi connectivity index (χ1n) is 11.6. The van der Waals surface area contributed by atoms with Crippen molar-refractivity contribution in [3.63, 3.8) is 0 Å². The molecule has 4 rings (SSSR count). The molecule has 12 heteroatoms. The second-order valence-corrected chi connectivity index (χ2v) is 8.84. The molecule has 2 fully saturated rings. The Labute approximate surface area is 196 Å². The predicted octanol–water partition coefficient (Wildman–Crippen LogP) is 0.239. The number of amides is 4. The van der Waals surface area contributed by atoms with Gasteiger partial charge in [0.15, 0.2) is 0 Å². The first-order valence-corrected chi connectivity index (χ1v) is 11.6. The van der Waals surface area contributed by atoms with Gasteiger partial charge >= 0.3 is 5.97 Å². The number of hydrogen-bond acceptors (Lipinski definition) is 9. The Morgan fingerprint density at radius 2 is 1.71 bits per heavy atom. The van der Waals surface area contributed by atoms with E-state index in [1.807, 2.05) is 6.20 Å². The minimum atomic E-state index is -0.629. The zero-order valence-electron chi connectivity index (χ0n) is 18.9. The third kappa shape index (κ3) is 5.93. The number of aromatic nitrogens is 3. The van der Waals surface area contributed by atoms with Crippen LogP contribution in [-0.2, 0) is 41.9 Å². The smallest absolute Gasteiger partial charge is 0.330 e. The van der Waals surface area contributed by atoms with Crippen LogP contribution >= 0.6 is 0 Å². The lowest BCUT2D eigenvalue weighted by Gasteiger charge is -2.31. The van der Waals surface area contributed by atoms with E-state index in [-0.39, 0.29) is 31.1 Å². The molecule has 0 spiro atoms. The SMILES string of the molecule is O=C(CCCn1cc(CNC2CCC(CN3C(=O)C=CC3=O)CC2)nn1)ON1C(=O)CCC1=O. The van der Waals surface area contributed by atoms with Crippen LogP contribution in [-0.4, -0.2) is 67.1 Å². The molecule has 0 radical (unpaired) electrons. The molecule has 3 heterocycles. The molecule has 2 aliphatic heterocycles. The Bertz CT molecular complexity index is 962. The molecular formula is C22H28N6O6. The quantitative estimate of drug-likeness (QED) is 0.473. The van der Waals surface area contributed by atoms with E-state index < -0.39 is 17.8 Å². The van der Waals surface area contributed by atoms with E-state index in [0.29, 0.717) is 43.1 Å². The average Bonchev–Trinajstić information content (AvgIpc) is 3.50. The van der Waals surface area contributed by atoms with Crippen LogP contribution in [0.2, 0.25) is 0 Å². The molecule has 4 amide bonds. The maximum Gasteiger partial charge on any atom is 0.333 e. The summed E-state index contributed by atoms with van der Waals surface area (Å²) < 4.78 is 1.64. The first-order chi connectivity index (χ1) is 16.4. The van der Waals surface area contributed by atoms with Crippen molar-refractivity contribution in [2.24, 2.45) is 5.92 Å². The number of rotatable bonds is 10. The molecule has 0 aromatic carbocycles. The minimum Gasteiger partial charge on any atom is -0.330 e. The molecule has 1 aromatic rings. The van der Waals surface area contributed by atoms with E-state index in [0.717, 1.165) is 31.4 Å². The van der Waals surface area contributed by atoms with Gasteiger partial charge in [-0.3, -0.25) is 28.8 Å². The number of nitrogens with one attached hydrogen (secondary N) is 1. The van der Waals surface area contributed by atoms with Gasteiger partial charge < -0.3 is 10.2 Å². The standard InChI is InChI=1S/C22H28N6O6/c29-18-7-8-19(30)27(18)13-15-3-5-16(6-4-15)23-12-17-14-26(25-24-17)11-1-2-22(33)34-28-20(31)9-10-21(28)32/h7-8,14-16,23H,1-6,9-13H2. The van der Waals surface area contributed by atoms with E-state index in [4.69, 9.17) is 4.84 Å². The second-order valence-electron chi connectivity index (χ2n) is 8.84. The van der Waals surface area contributed by atoms with Gasteiger partial charge in [0, 0.05) is 63.3 Å². The fraction of sp³-hybridized carbons (Fsp3) is 0.591. The van der Waals surface area contributed by atoms with Gasteiger partial charge in [0.25, 0.3) is 23.6 Å². The van der Waals surface area contributed by atoms with Crippen molar-refractivity contribution in [3.8, 4) is 0 Å². The molecule has 12 nitrogen and oxygen atoms in total. The summed E-state index contributed by atoms with van der Waals surface area (Å²) in [6.45, 7) is 1.52. The molecule has 1 N–H and O–H groups in total.